The third-order valence-electron chi connectivity index (χ3n) is 2.72. The van der Waals surface area contributed by atoms with Crippen molar-refractivity contribution in [3.63, 3.8) is 0 Å². The molecule has 1 atom stereocenters. The van der Waals surface area contributed by atoms with Crippen LogP contribution >= 0.6 is 0 Å². The lowest BCUT2D eigenvalue weighted by molar-refractivity contribution is 0.0873. The van der Waals surface area contributed by atoms with Crippen LogP contribution in [-0.2, 0) is 4.74 Å². The Bertz CT molecular complexity index is 430. The largest absolute Gasteiger partial charge is 0.379 e. The van der Waals surface area contributed by atoms with Crippen molar-refractivity contribution in [1.82, 2.24) is 0 Å². The molecule has 0 aliphatic carbocycles. The molecular weight excluding hydrogens is 257 g/mol. The molecule has 1 fully saturated rings. The maximum Gasteiger partial charge on any atom is 0.200 e. The van der Waals surface area contributed by atoms with Gasteiger partial charge in [-0.05, 0) is 12.8 Å². The Labute approximate surface area is 99.7 Å². The van der Waals surface area contributed by atoms with Crippen LogP contribution in [0.4, 0.5) is 27.6 Å². The van der Waals surface area contributed by atoms with Crippen LogP contribution in [-0.4, -0.2) is 19.3 Å². The van der Waals surface area contributed by atoms with Crippen LogP contribution in [0.2, 0.25) is 0 Å². The van der Waals surface area contributed by atoms with Gasteiger partial charge in [-0.3, -0.25) is 0 Å². The fourth-order valence-electron chi connectivity index (χ4n) is 1.79. The van der Waals surface area contributed by atoms with Gasteiger partial charge in [-0.25, -0.2) is 22.0 Å². The first-order valence-corrected chi connectivity index (χ1v) is 5.38. The number of rotatable bonds is 2. The highest BCUT2D eigenvalue weighted by Crippen LogP contribution is 2.28. The summed E-state index contributed by atoms with van der Waals surface area (Å²) in [5, 5.41) is 2.30. The lowest BCUT2D eigenvalue weighted by atomic mass is 10.1. The molecule has 1 heterocycles. The first-order chi connectivity index (χ1) is 8.52. The molecule has 0 aromatic heterocycles. The zero-order valence-electron chi connectivity index (χ0n) is 9.20. The number of halogens is 5. The Morgan fingerprint density at radius 3 is 1.94 bits per heavy atom. The minimum atomic E-state index is -2.16. The van der Waals surface area contributed by atoms with Crippen molar-refractivity contribution in [3.8, 4) is 0 Å². The molecule has 2 nitrogen and oxygen atoms in total. The quantitative estimate of drug-likeness (QED) is 0.505. The van der Waals surface area contributed by atoms with Crippen molar-refractivity contribution < 1.29 is 26.7 Å². The van der Waals surface area contributed by atoms with Crippen LogP contribution in [0.25, 0.3) is 0 Å². The van der Waals surface area contributed by atoms with Crippen LogP contribution in [0, 0.1) is 29.1 Å². The van der Waals surface area contributed by atoms with Crippen LogP contribution in [0.3, 0.4) is 0 Å². The van der Waals surface area contributed by atoms with E-state index < -0.39 is 40.8 Å². The van der Waals surface area contributed by atoms with Gasteiger partial charge in [0.2, 0.25) is 5.82 Å². The number of hydrogen-bond donors (Lipinski definition) is 1. The van der Waals surface area contributed by atoms with Gasteiger partial charge in [0.25, 0.3) is 0 Å². The second kappa shape index (κ2) is 5.09. The molecule has 1 aliphatic rings. The Balaban J connectivity index is 2.32. The number of ether oxygens (including phenoxy) is 1. The summed E-state index contributed by atoms with van der Waals surface area (Å²) in [7, 11) is 0. The molecule has 2 rings (SSSR count). The van der Waals surface area contributed by atoms with Gasteiger partial charge in [0.15, 0.2) is 23.3 Å². The summed E-state index contributed by atoms with van der Waals surface area (Å²) >= 11 is 0. The molecule has 1 aromatic rings. The summed E-state index contributed by atoms with van der Waals surface area (Å²) in [5.74, 6) is -9.76. The fourth-order valence-corrected chi connectivity index (χ4v) is 1.79. The highest BCUT2D eigenvalue weighted by atomic mass is 19.2. The predicted octanol–water partition coefficient (Wildman–Crippen LogP) is 2.97. The standard InChI is InChI=1S/C11H10F5NO/c12-6-7(13)9(15)11(10(16)8(6)14)17-5-2-1-3-18-4-5/h5,17H,1-4H2. The normalized spacial score (nSPS) is 19.9. The molecule has 0 bridgehead atoms. The molecule has 1 N–H and O–H groups in total. The van der Waals surface area contributed by atoms with E-state index in [1.54, 1.807) is 0 Å². The van der Waals surface area contributed by atoms with Gasteiger partial charge in [0, 0.05) is 12.6 Å². The van der Waals surface area contributed by atoms with Gasteiger partial charge >= 0.3 is 0 Å². The summed E-state index contributed by atoms with van der Waals surface area (Å²) in [5.41, 5.74) is -0.998. The van der Waals surface area contributed by atoms with Crippen molar-refractivity contribution in [2.45, 2.75) is 18.9 Å². The minimum Gasteiger partial charge on any atom is -0.379 e. The van der Waals surface area contributed by atoms with Gasteiger partial charge in [-0.15, -0.1) is 0 Å². The zero-order valence-corrected chi connectivity index (χ0v) is 9.20. The van der Waals surface area contributed by atoms with Gasteiger partial charge < -0.3 is 10.1 Å². The maximum atomic E-state index is 13.3. The molecule has 0 radical (unpaired) electrons. The summed E-state index contributed by atoms with van der Waals surface area (Å²) in [4.78, 5) is 0. The van der Waals surface area contributed by atoms with E-state index in [2.05, 4.69) is 5.32 Å². The number of nitrogens with one attached hydrogen (secondary N) is 1. The molecule has 1 saturated heterocycles. The Hall–Kier alpha value is -1.37. The minimum absolute atomic E-state index is 0.166. The summed E-state index contributed by atoms with van der Waals surface area (Å²) in [6.07, 6.45) is 1.20. The molecule has 100 valence electrons. The predicted molar refractivity (Wildman–Crippen MR) is 53.7 cm³/mol. The molecule has 1 unspecified atom stereocenters. The van der Waals surface area contributed by atoms with E-state index in [0.29, 0.717) is 19.4 Å². The highest BCUT2D eigenvalue weighted by molar-refractivity contribution is 5.48. The van der Waals surface area contributed by atoms with Crippen molar-refractivity contribution in [3.05, 3.63) is 29.1 Å². The van der Waals surface area contributed by atoms with E-state index in [1.165, 1.54) is 0 Å². The SMILES string of the molecule is Fc1c(F)c(F)c(NC2CCCOC2)c(F)c1F. The zero-order chi connectivity index (χ0) is 13.3. The third kappa shape index (κ3) is 2.27. The molecule has 0 spiro atoms. The van der Waals surface area contributed by atoms with Crippen molar-refractivity contribution in [2.75, 3.05) is 18.5 Å². The number of hydrogen-bond acceptors (Lipinski definition) is 2. The van der Waals surface area contributed by atoms with Gasteiger partial charge in [-0.2, -0.15) is 0 Å². The molecule has 0 saturated carbocycles. The van der Waals surface area contributed by atoms with Gasteiger partial charge in [0.1, 0.15) is 5.69 Å². The van der Waals surface area contributed by atoms with Crippen molar-refractivity contribution in [2.24, 2.45) is 0 Å². The van der Waals surface area contributed by atoms with Gasteiger partial charge in [0.05, 0.1) is 6.61 Å². The monoisotopic (exact) mass is 267 g/mol. The van der Waals surface area contributed by atoms with Crippen LogP contribution in [0.1, 0.15) is 12.8 Å². The Morgan fingerprint density at radius 1 is 0.889 bits per heavy atom. The molecule has 1 aromatic carbocycles. The molecule has 18 heavy (non-hydrogen) atoms. The lowest BCUT2D eigenvalue weighted by Crippen LogP contribution is -2.31. The van der Waals surface area contributed by atoms with E-state index in [-0.39, 0.29) is 6.61 Å². The van der Waals surface area contributed by atoms with Crippen LogP contribution in [0.15, 0.2) is 0 Å². The van der Waals surface area contributed by atoms with Crippen LogP contribution < -0.4 is 5.32 Å². The van der Waals surface area contributed by atoms with Gasteiger partial charge in [-0.1, -0.05) is 0 Å². The van der Waals surface area contributed by atoms with Crippen molar-refractivity contribution >= 4 is 5.69 Å². The van der Waals surface area contributed by atoms with E-state index >= 15 is 0 Å². The molecule has 1 aliphatic heterocycles. The summed E-state index contributed by atoms with van der Waals surface area (Å²) < 4.78 is 70.4. The summed E-state index contributed by atoms with van der Waals surface area (Å²) in [6.45, 7) is 0.689. The average Bonchev–Trinajstić information content (AvgIpc) is 2.40. The first-order valence-electron chi connectivity index (χ1n) is 5.38. The van der Waals surface area contributed by atoms with E-state index in [0.717, 1.165) is 0 Å². The number of anilines is 1. The smallest absolute Gasteiger partial charge is 0.200 e. The summed E-state index contributed by atoms with van der Waals surface area (Å²) in [6, 6.07) is -0.466. The van der Waals surface area contributed by atoms with Crippen molar-refractivity contribution in [1.29, 1.82) is 0 Å². The Morgan fingerprint density at radius 2 is 1.44 bits per heavy atom. The van der Waals surface area contributed by atoms with E-state index in [1.807, 2.05) is 0 Å². The van der Waals surface area contributed by atoms with E-state index in [4.69, 9.17) is 4.74 Å². The Kier molecular flexibility index (Phi) is 3.70. The molecule has 7 heteroatoms. The molecular formula is C11H10F5NO. The van der Waals surface area contributed by atoms with E-state index in [9.17, 15) is 22.0 Å². The lowest BCUT2D eigenvalue weighted by Gasteiger charge is -2.24. The second-order valence-corrected chi connectivity index (χ2v) is 4.00. The topological polar surface area (TPSA) is 21.3 Å². The second-order valence-electron chi connectivity index (χ2n) is 4.00. The van der Waals surface area contributed by atoms with Crippen LogP contribution in [0.5, 0.6) is 0 Å². The first kappa shape index (κ1) is 13.1. The fraction of sp³-hybridized carbons (Fsp3) is 0.455. The molecule has 0 amide bonds. The third-order valence-corrected chi connectivity index (χ3v) is 2.72. The highest BCUT2D eigenvalue weighted by Gasteiger charge is 2.27. The average molecular weight is 267 g/mol. The maximum absolute atomic E-state index is 13.3. The number of benzene rings is 1.